The SMILES string of the molecule is CC(C)c1ccc(S(=O)(=O)N2CCN(CC(=O)Nc3sc4c(c3C(N)=O)CCC4)CC2)cc1. The smallest absolute Gasteiger partial charge is 0.251 e. The molecular formula is C23H30N4O4S2. The molecule has 8 nitrogen and oxygen atoms in total. The van der Waals surface area contributed by atoms with Crippen LogP contribution in [0.3, 0.4) is 0 Å². The maximum absolute atomic E-state index is 13.0. The number of carbonyl (C=O) groups excluding carboxylic acids is 2. The van der Waals surface area contributed by atoms with Gasteiger partial charge in [0.25, 0.3) is 5.91 Å². The number of thiophene rings is 1. The molecule has 0 bridgehead atoms. The van der Waals surface area contributed by atoms with Crippen LogP contribution in [0.5, 0.6) is 0 Å². The molecule has 0 saturated carbocycles. The van der Waals surface area contributed by atoms with Gasteiger partial charge in [-0.3, -0.25) is 14.5 Å². The lowest BCUT2D eigenvalue weighted by Crippen LogP contribution is -2.50. The van der Waals surface area contributed by atoms with Crippen molar-refractivity contribution in [3.8, 4) is 0 Å². The minimum absolute atomic E-state index is 0.137. The molecular weight excluding hydrogens is 460 g/mol. The lowest BCUT2D eigenvalue weighted by Gasteiger charge is -2.33. The fraction of sp³-hybridized carbons (Fsp3) is 0.478. The molecule has 2 amide bonds. The molecule has 0 radical (unpaired) electrons. The summed E-state index contributed by atoms with van der Waals surface area (Å²) >= 11 is 1.43. The molecule has 1 aliphatic heterocycles. The van der Waals surface area contributed by atoms with Crippen molar-refractivity contribution in [2.24, 2.45) is 5.73 Å². The first-order chi connectivity index (χ1) is 15.7. The Bertz CT molecular complexity index is 1150. The average molecular weight is 491 g/mol. The van der Waals surface area contributed by atoms with Crippen LogP contribution in [0.4, 0.5) is 5.00 Å². The van der Waals surface area contributed by atoms with Gasteiger partial charge in [-0.2, -0.15) is 4.31 Å². The number of nitrogens with two attached hydrogens (primary N) is 1. The molecule has 10 heteroatoms. The number of rotatable bonds is 7. The number of hydrogen-bond donors (Lipinski definition) is 2. The minimum atomic E-state index is -3.56. The van der Waals surface area contributed by atoms with E-state index < -0.39 is 15.9 Å². The van der Waals surface area contributed by atoms with E-state index in [0.29, 0.717) is 47.6 Å². The highest BCUT2D eigenvalue weighted by molar-refractivity contribution is 7.89. The van der Waals surface area contributed by atoms with E-state index in [9.17, 15) is 18.0 Å². The van der Waals surface area contributed by atoms with Crippen LogP contribution in [0.1, 0.15) is 52.5 Å². The van der Waals surface area contributed by atoms with Gasteiger partial charge in [-0.25, -0.2) is 8.42 Å². The van der Waals surface area contributed by atoms with Gasteiger partial charge in [0.05, 0.1) is 17.0 Å². The van der Waals surface area contributed by atoms with Gasteiger partial charge >= 0.3 is 0 Å². The van der Waals surface area contributed by atoms with Crippen molar-refractivity contribution < 1.29 is 18.0 Å². The third kappa shape index (κ3) is 4.98. The van der Waals surface area contributed by atoms with Crippen LogP contribution in [0.25, 0.3) is 0 Å². The summed E-state index contributed by atoms with van der Waals surface area (Å²) in [6.45, 7) is 5.83. The Morgan fingerprint density at radius 1 is 1.09 bits per heavy atom. The number of fused-ring (bicyclic) bond motifs is 1. The Labute approximate surface area is 198 Å². The highest BCUT2D eigenvalue weighted by Gasteiger charge is 2.30. The van der Waals surface area contributed by atoms with Crippen LogP contribution in [-0.4, -0.2) is 62.2 Å². The molecule has 33 heavy (non-hydrogen) atoms. The van der Waals surface area contributed by atoms with E-state index in [-0.39, 0.29) is 12.5 Å². The van der Waals surface area contributed by atoms with E-state index >= 15 is 0 Å². The summed E-state index contributed by atoms with van der Waals surface area (Å²) in [4.78, 5) is 27.9. The summed E-state index contributed by atoms with van der Waals surface area (Å²) < 4.78 is 27.5. The highest BCUT2D eigenvalue weighted by Crippen LogP contribution is 2.38. The van der Waals surface area contributed by atoms with Gasteiger partial charge in [0.1, 0.15) is 5.00 Å². The summed E-state index contributed by atoms with van der Waals surface area (Å²) in [5.74, 6) is -0.395. The standard InChI is InChI=1S/C23H30N4O4S2/c1-15(2)16-6-8-17(9-7-16)33(30,31)27-12-10-26(11-13-27)14-20(28)25-23-21(22(24)29)18-4-3-5-19(18)32-23/h6-9,15H,3-5,10-14H2,1-2H3,(H2,24,29)(H,25,28). The number of benzene rings is 1. The normalized spacial score (nSPS) is 17.3. The first-order valence-electron chi connectivity index (χ1n) is 11.2. The highest BCUT2D eigenvalue weighted by atomic mass is 32.2. The number of hydrogen-bond acceptors (Lipinski definition) is 6. The van der Waals surface area contributed by atoms with Gasteiger partial charge in [0, 0.05) is 31.1 Å². The van der Waals surface area contributed by atoms with E-state index in [2.05, 4.69) is 19.2 Å². The molecule has 1 aromatic heterocycles. The fourth-order valence-corrected chi connectivity index (χ4v) is 7.16. The second kappa shape index (κ2) is 9.54. The van der Waals surface area contributed by atoms with E-state index in [4.69, 9.17) is 5.73 Å². The Morgan fingerprint density at radius 3 is 2.36 bits per heavy atom. The molecule has 0 spiro atoms. The number of nitrogens with zero attached hydrogens (tertiary/aromatic N) is 2. The summed E-state index contributed by atoms with van der Waals surface area (Å²) in [5, 5.41) is 3.39. The Hall–Kier alpha value is -2.27. The Balaban J connectivity index is 1.34. The van der Waals surface area contributed by atoms with Crippen LogP contribution in [-0.2, 0) is 27.7 Å². The monoisotopic (exact) mass is 490 g/mol. The maximum atomic E-state index is 13.0. The fourth-order valence-electron chi connectivity index (χ4n) is 4.42. The van der Waals surface area contributed by atoms with Gasteiger partial charge in [-0.15, -0.1) is 11.3 Å². The largest absolute Gasteiger partial charge is 0.365 e. The molecule has 0 atom stereocenters. The zero-order valence-electron chi connectivity index (χ0n) is 19.0. The number of carbonyl (C=O) groups is 2. The first-order valence-corrected chi connectivity index (χ1v) is 13.5. The number of piperazine rings is 1. The molecule has 4 rings (SSSR count). The van der Waals surface area contributed by atoms with Crippen molar-refractivity contribution >= 4 is 38.2 Å². The topological polar surface area (TPSA) is 113 Å². The lowest BCUT2D eigenvalue weighted by atomic mass is 10.0. The second-order valence-corrected chi connectivity index (χ2v) is 11.9. The lowest BCUT2D eigenvalue weighted by molar-refractivity contribution is -0.117. The van der Waals surface area contributed by atoms with E-state index in [1.165, 1.54) is 15.6 Å². The molecule has 2 aromatic rings. The number of sulfonamides is 1. The van der Waals surface area contributed by atoms with E-state index in [0.717, 1.165) is 35.3 Å². The van der Waals surface area contributed by atoms with Gasteiger partial charge in [-0.05, 0) is 48.4 Å². The van der Waals surface area contributed by atoms with Crippen molar-refractivity contribution in [1.82, 2.24) is 9.21 Å². The number of anilines is 1. The van der Waals surface area contributed by atoms with Gasteiger partial charge in [0.15, 0.2) is 0 Å². The third-order valence-electron chi connectivity index (χ3n) is 6.30. The predicted octanol–water partition coefficient (Wildman–Crippen LogP) is 2.40. The predicted molar refractivity (Wildman–Crippen MR) is 129 cm³/mol. The Kier molecular flexibility index (Phi) is 6.90. The van der Waals surface area contributed by atoms with Crippen LogP contribution >= 0.6 is 11.3 Å². The number of amides is 2. The first kappa shape index (κ1) is 23.9. The van der Waals surface area contributed by atoms with Crippen molar-refractivity contribution in [2.75, 3.05) is 38.0 Å². The molecule has 2 aliphatic rings. The quantitative estimate of drug-likeness (QED) is 0.619. The molecule has 1 aromatic carbocycles. The van der Waals surface area contributed by atoms with Gasteiger partial charge in [-0.1, -0.05) is 26.0 Å². The van der Waals surface area contributed by atoms with Crippen molar-refractivity contribution in [2.45, 2.75) is 43.9 Å². The van der Waals surface area contributed by atoms with Gasteiger partial charge in [0.2, 0.25) is 15.9 Å². The minimum Gasteiger partial charge on any atom is -0.365 e. The van der Waals surface area contributed by atoms with E-state index in [1.54, 1.807) is 12.1 Å². The maximum Gasteiger partial charge on any atom is 0.251 e. The molecule has 1 aliphatic carbocycles. The van der Waals surface area contributed by atoms with Crippen LogP contribution in [0.15, 0.2) is 29.2 Å². The summed E-state index contributed by atoms with van der Waals surface area (Å²) in [7, 11) is -3.56. The van der Waals surface area contributed by atoms with Crippen LogP contribution in [0, 0.1) is 0 Å². The molecule has 1 saturated heterocycles. The zero-order chi connectivity index (χ0) is 23.8. The average Bonchev–Trinajstić information content (AvgIpc) is 3.34. The molecule has 1 fully saturated rings. The Morgan fingerprint density at radius 2 is 1.76 bits per heavy atom. The molecule has 3 N–H and O–H groups in total. The van der Waals surface area contributed by atoms with Crippen LogP contribution in [0.2, 0.25) is 0 Å². The molecule has 178 valence electrons. The summed E-state index contributed by atoms with van der Waals surface area (Å²) in [6, 6.07) is 7.05. The number of nitrogens with one attached hydrogen (secondary N) is 1. The third-order valence-corrected chi connectivity index (χ3v) is 9.42. The second-order valence-electron chi connectivity index (χ2n) is 8.88. The van der Waals surface area contributed by atoms with Crippen molar-refractivity contribution in [1.29, 1.82) is 0 Å². The molecule has 0 unspecified atom stereocenters. The molecule has 2 heterocycles. The number of aryl methyl sites for hydroxylation is 1. The summed E-state index contributed by atoms with van der Waals surface area (Å²) in [6.07, 6.45) is 2.73. The summed E-state index contributed by atoms with van der Waals surface area (Å²) in [5.41, 5.74) is 8.08. The van der Waals surface area contributed by atoms with Crippen LogP contribution < -0.4 is 11.1 Å². The van der Waals surface area contributed by atoms with Gasteiger partial charge < -0.3 is 11.1 Å². The van der Waals surface area contributed by atoms with E-state index in [1.807, 2.05) is 17.0 Å². The van der Waals surface area contributed by atoms with Crippen molar-refractivity contribution in [3.05, 3.63) is 45.8 Å². The number of primary amides is 1. The van der Waals surface area contributed by atoms with Crippen molar-refractivity contribution in [3.63, 3.8) is 0 Å². The zero-order valence-corrected chi connectivity index (χ0v) is 20.6.